The lowest BCUT2D eigenvalue weighted by atomic mass is 10.2. The van der Waals surface area contributed by atoms with Crippen LogP contribution in [0.5, 0.6) is 0 Å². The van der Waals surface area contributed by atoms with Crippen molar-refractivity contribution in [3.05, 3.63) is 46.7 Å². The predicted octanol–water partition coefficient (Wildman–Crippen LogP) is 3.28. The molecule has 1 amide bonds. The number of amides is 1. The van der Waals surface area contributed by atoms with Crippen LogP contribution in [0.25, 0.3) is 10.7 Å². The molecule has 0 saturated carbocycles. The molecular weight excluding hydrogens is 412 g/mol. The molecule has 1 aromatic carbocycles. The molecule has 10 heteroatoms. The minimum atomic E-state index is -3.80. The summed E-state index contributed by atoms with van der Waals surface area (Å²) in [5.41, 5.74) is 1.53. The molecule has 0 radical (unpaired) electrons. The first kappa shape index (κ1) is 21.2. The van der Waals surface area contributed by atoms with E-state index in [1.54, 1.807) is 18.2 Å². The zero-order valence-corrected chi connectivity index (χ0v) is 18.1. The van der Waals surface area contributed by atoms with E-state index >= 15 is 0 Å². The molecular formula is C19H22N4O4S2. The molecule has 0 aliphatic heterocycles. The van der Waals surface area contributed by atoms with Crippen LogP contribution >= 0.6 is 11.3 Å². The van der Waals surface area contributed by atoms with Crippen molar-refractivity contribution in [1.82, 2.24) is 14.9 Å². The zero-order chi connectivity index (χ0) is 21.2. The number of nitrogens with one attached hydrogen (secondary N) is 2. The van der Waals surface area contributed by atoms with Crippen molar-refractivity contribution in [2.24, 2.45) is 0 Å². The Kier molecular flexibility index (Phi) is 6.15. The third kappa shape index (κ3) is 4.89. The molecule has 0 fully saturated rings. The molecule has 3 aromatic rings. The number of benzene rings is 1. The van der Waals surface area contributed by atoms with Gasteiger partial charge in [0, 0.05) is 11.3 Å². The van der Waals surface area contributed by atoms with Crippen molar-refractivity contribution < 1.29 is 17.7 Å². The molecule has 2 N–H and O–H groups in total. The monoisotopic (exact) mass is 434 g/mol. The second kappa shape index (κ2) is 8.44. The number of sulfonamides is 1. The number of carbonyl (C=O) groups is 1. The topological polar surface area (TPSA) is 114 Å². The van der Waals surface area contributed by atoms with Crippen molar-refractivity contribution in [2.45, 2.75) is 45.1 Å². The number of anilines is 1. The third-order valence-corrected chi connectivity index (χ3v) is 6.83. The van der Waals surface area contributed by atoms with Crippen LogP contribution in [0.3, 0.4) is 0 Å². The lowest BCUT2D eigenvalue weighted by molar-refractivity contribution is -0.117. The van der Waals surface area contributed by atoms with Crippen LogP contribution in [0.15, 0.2) is 39.8 Å². The average molecular weight is 435 g/mol. The second-order valence-electron chi connectivity index (χ2n) is 6.59. The Balaban J connectivity index is 1.70. The molecule has 0 unspecified atom stereocenters. The van der Waals surface area contributed by atoms with Crippen LogP contribution in [0.4, 0.5) is 5.69 Å². The van der Waals surface area contributed by atoms with Gasteiger partial charge in [0.25, 0.3) is 0 Å². The fraction of sp³-hybridized carbons (Fsp3) is 0.316. The smallest absolute Gasteiger partial charge is 0.242 e. The summed E-state index contributed by atoms with van der Waals surface area (Å²) in [4.78, 5) is 18.5. The van der Waals surface area contributed by atoms with Crippen LogP contribution in [-0.2, 0) is 21.2 Å². The molecule has 29 heavy (non-hydrogen) atoms. The third-order valence-electron chi connectivity index (χ3n) is 4.22. The van der Waals surface area contributed by atoms with E-state index in [0.29, 0.717) is 23.8 Å². The van der Waals surface area contributed by atoms with Gasteiger partial charge in [-0.2, -0.15) is 9.71 Å². The van der Waals surface area contributed by atoms with E-state index in [4.69, 9.17) is 4.52 Å². The first-order valence-corrected chi connectivity index (χ1v) is 11.3. The van der Waals surface area contributed by atoms with E-state index in [0.717, 1.165) is 15.3 Å². The number of aryl methyl sites for hydroxylation is 3. The quantitative estimate of drug-likeness (QED) is 0.590. The van der Waals surface area contributed by atoms with Crippen LogP contribution in [0.1, 0.15) is 30.2 Å². The van der Waals surface area contributed by atoms with Crippen LogP contribution in [0, 0.1) is 13.8 Å². The van der Waals surface area contributed by atoms with E-state index in [9.17, 15) is 13.2 Å². The second-order valence-corrected chi connectivity index (χ2v) is 9.56. The number of aromatic nitrogens is 2. The summed E-state index contributed by atoms with van der Waals surface area (Å²) in [5.74, 6) is 0.537. The molecule has 154 valence electrons. The number of rotatable bonds is 7. The van der Waals surface area contributed by atoms with Gasteiger partial charge in [-0.05, 0) is 39.0 Å². The first-order chi connectivity index (χ1) is 13.7. The van der Waals surface area contributed by atoms with Crippen molar-refractivity contribution in [1.29, 1.82) is 0 Å². The van der Waals surface area contributed by atoms with Gasteiger partial charge in [-0.3, -0.25) is 4.79 Å². The maximum atomic E-state index is 12.5. The van der Waals surface area contributed by atoms with E-state index in [1.807, 2.05) is 20.8 Å². The maximum Gasteiger partial charge on any atom is 0.242 e. The van der Waals surface area contributed by atoms with E-state index in [1.165, 1.54) is 30.4 Å². The van der Waals surface area contributed by atoms with Gasteiger partial charge < -0.3 is 9.84 Å². The molecule has 8 nitrogen and oxygen atoms in total. The number of thiophene rings is 1. The normalized spacial score (nSPS) is 12.7. The average Bonchev–Trinajstić information content (AvgIpc) is 3.28. The van der Waals surface area contributed by atoms with Gasteiger partial charge in [0.05, 0.1) is 21.5 Å². The van der Waals surface area contributed by atoms with Gasteiger partial charge in [-0.15, -0.1) is 11.3 Å². The lowest BCUT2D eigenvalue weighted by Crippen LogP contribution is -2.41. The first-order valence-electron chi connectivity index (χ1n) is 9.03. The highest BCUT2D eigenvalue weighted by molar-refractivity contribution is 7.89. The largest absolute Gasteiger partial charge is 0.339 e. The van der Waals surface area contributed by atoms with Crippen LogP contribution in [-0.4, -0.2) is 30.5 Å². The number of hydrogen-bond donors (Lipinski definition) is 2. The Morgan fingerprint density at radius 2 is 1.93 bits per heavy atom. The summed E-state index contributed by atoms with van der Waals surface area (Å²) in [6, 6.07) is 7.22. The summed E-state index contributed by atoms with van der Waals surface area (Å²) in [6.07, 6.45) is 0.638. The number of carbonyl (C=O) groups excluding carboxylic acids is 1. The van der Waals surface area contributed by atoms with Crippen molar-refractivity contribution >= 4 is 33.0 Å². The molecule has 0 saturated heterocycles. The molecule has 0 spiro atoms. The minimum absolute atomic E-state index is 0.112. The van der Waals surface area contributed by atoms with E-state index in [2.05, 4.69) is 20.2 Å². The zero-order valence-electron chi connectivity index (χ0n) is 16.5. The molecule has 0 aliphatic carbocycles. The van der Waals surface area contributed by atoms with Crippen molar-refractivity contribution in [3.63, 3.8) is 0 Å². The van der Waals surface area contributed by atoms with E-state index < -0.39 is 22.0 Å². The molecule has 0 bridgehead atoms. The number of hydrogen-bond acceptors (Lipinski definition) is 7. The Hall–Kier alpha value is -2.56. The lowest BCUT2D eigenvalue weighted by Gasteiger charge is -2.14. The molecule has 2 heterocycles. The van der Waals surface area contributed by atoms with Crippen LogP contribution < -0.4 is 10.0 Å². The molecule has 3 rings (SSSR count). The fourth-order valence-corrected chi connectivity index (χ4v) is 4.63. The van der Waals surface area contributed by atoms with Gasteiger partial charge in [-0.25, -0.2) is 8.42 Å². The Morgan fingerprint density at radius 1 is 1.24 bits per heavy atom. The Labute approximate surface area is 173 Å². The summed E-state index contributed by atoms with van der Waals surface area (Å²) in [5, 5.41) is 6.70. The molecule has 1 atom stereocenters. The van der Waals surface area contributed by atoms with Gasteiger partial charge in [0.15, 0.2) is 0 Å². The summed E-state index contributed by atoms with van der Waals surface area (Å²) in [7, 11) is -3.80. The van der Waals surface area contributed by atoms with Gasteiger partial charge in [0.2, 0.25) is 27.6 Å². The summed E-state index contributed by atoms with van der Waals surface area (Å²) in [6.45, 7) is 7.14. The summed E-state index contributed by atoms with van der Waals surface area (Å²) >= 11 is 1.42. The maximum absolute atomic E-state index is 12.5. The highest BCUT2D eigenvalue weighted by Gasteiger charge is 2.23. The highest BCUT2D eigenvalue weighted by Crippen LogP contribution is 2.32. The van der Waals surface area contributed by atoms with E-state index in [-0.39, 0.29) is 4.90 Å². The van der Waals surface area contributed by atoms with Gasteiger partial charge in [-0.1, -0.05) is 29.8 Å². The Morgan fingerprint density at radius 3 is 2.55 bits per heavy atom. The highest BCUT2D eigenvalue weighted by atomic mass is 32.2. The standard InChI is InChI=1S/C19H22N4O4S2/c1-5-17-21-18(22-27-17)16-10-15(13(4)28-16)20-19(24)12(3)23-29(25,26)14-8-6-11(2)7-9-14/h6-10,12,23H,5H2,1-4H3,(H,20,24)/t12-/m1/s1. The summed E-state index contributed by atoms with van der Waals surface area (Å²) < 4.78 is 32.5. The SMILES string of the molecule is CCc1nc(-c2cc(NC(=O)[C@@H](C)NS(=O)(=O)c3ccc(C)cc3)c(C)s2)no1. The van der Waals surface area contributed by atoms with Crippen molar-refractivity contribution in [3.8, 4) is 10.7 Å². The Bertz CT molecular complexity index is 1120. The molecule has 0 aliphatic rings. The fourth-order valence-electron chi connectivity index (χ4n) is 2.53. The van der Waals surface area contributed by atoms with Gasteiger partial charge in [0.1, 0.15) is 0 Å². The van der Waals surface area contributed by atoms with Gasteiger partial charge >= 0.3 is 0 Å². The van der Waals surface area contributed by atoms with Crippen molar-refractivity contribution in [2.75, 3.05) is 5.32 Å². The van der Waals surface area contributed by atoms with Crippen LogP contribution in [0.2, 0.25) is 0 Å². The predicted molar refractivity (Wildman–Crippen MR) is 111 cm³/mol. The minimum Gasteiger partial charge on any atom is -0.339 e. The molecule has 2 aromatic heterocycles. The number of nitrogens with zero attached hydrogens (tertiary/aromatic N) is 2.